The summed E-state index contributed by atoms with van der Waals surface area (Å²) >= 11 is 0. The highest BCUT2D eigenvalue weighted by atomic mass is 33.1. The Kier molecular flexibility index (Phi) is 5.44. The normalized spacial score (nSPS) is 38.1. The third kappa shape index (κ3) is 2.99. The summed E-state index contributed by atoms with van der Waals surface area (Å²) in [7, 11) is 7.89. The molecule has 6 rings (SSSR count). The van der Waals surface area contributed by atoms with Gasteiger partial charge in [0.05, 0.1) is 12.2 Å². The first-order chi connectivity index (χ1) is 15.0. The SMILES string of the molecule is CN1C(=O)[C@]23SSC[C@@H]4OC(C)(C)O[C@H]4CSS[C@@]1(C)C(=O)N2c1ccccc1C3(C)C. The van der Waals surface area contributed by atoms with Crippen LogP contribution in [0.3, 0.4) is 0 Å². The molecule has 5 heterocycles. The molecule has 2 amide bonds. The van der Waals surface area contributed by atoms with Crippen LogP contribution < -0.4 is 4.90 Å². The summed E-state index contributed by atoms with van der Waals surface area (Å²) < 4.78 is 12.4. The van der Waals surface area contributed by atoms with E-state index in [4.69, 9.17) is 9.47 Å². The van der Waals surface area contributed by atoms with Crippen molar-refractivity contribution in [1.29, 1.82) is 0 Å². The molecule has 0 radical (unpaired) electrons. The average Bonchev–Trinajstić information content (AvgIpc) is 3.13. The van der Waals surface area contributed by atoms with Crippen LogP contribution in [0.5, 0.6) is 0 Å². The highest BCUT2D eigenvalue weighted by molar-refractivity contribution is 8.77. The van der Waals surface area contributed by atoms with E-state index in [-0.39, 0.29) is 24.0 Å². The number of anilines is 1. The molecule has 4 fully saturated rings. The van der Waals surface area contributed by atoms with Crippen LogP contribution in [-0.2, 0) is 24.5 Å². The average molecular weight is 513 g/mol. The maximum absolute atomic E-state index is 14.2. The summed E-state index contributed by atoms with van der Waals surface area (Å²) in [6.45, 7) is 9.90. The maximum Gasteiger partial charge on any atom is 0.265 e. The second kappa shape index (κ2) is 7.49. The quantitative estimate of drug-likeness (QED) is 0.471. The van der Waals surface area contributed by atoms with Crippen molar-refractivity contribution < 1.29 is 19.1 Å². The molecule has 10 heteroatoms. The minimum absolute atomic E-state index is 0.0348. The lowest BCUT2D eigenvalue weighted by atomic mass is 9.78. The molecule has 4 saturated heterocycles. The van der Waals surface area contributed by atoms with Crippen LogP contribution in [0.1, 0.15) is 40.2 Å². The van der Waals surface area contributed by atoms with Gasteiger partial charge in [0.2, 0.25) is 0 Å². The number of rotatable bonds is 0. The first-order valence-corrected chi connectivity index (χ1v) is 15.3. The van der Waals surface area contributed by atoms with Crippen molar-refractivity contribution >= 4 is 60.7 Å². The first kappa shape index (κ1) is 23.2. The number of nitrogens with zero attached hydrogens (tertiary/aromatic N) is 2. The van der Waals surface area contributed by atoms with Crippen LogP contribution in [-0.4, -0.2) is 63.0 Å². The van der Waals surface area contributed by atoms with Gasteiger partial charge in [-0.15, -0.1) is 0 Å². The number of para-hydroxylation sites is 1. The van der Waals surface area contributed by atoms with Gasteiger partial charge in [-0.3, -0.25) is 14.5 Å². The Bertz CT molecular complexity index is 988. The summed E-state index contributed by atoms with van der Waals surface area (Å²) in [5, 5.41) is 0. The number of piperazine rings is 1. The van der Waals surface area contributed by atoms with Crippen molar-refractivity contribution in [1.82, 2.24) is 4.90 Å². The molecule has 0 aliphatic carbocycles. The van der Waals surface area contributed by atoms with E-state index in [1.54, 1.807) is 38.4 Å². The van der Waals surface area contributed by atoms with Crippen molar-refractivity contribution in [3.63, 3.8) is 0 Å². The van der Waals surface area contributed by atoms with Gasteiger partial charge in [0, 0.05) is 29.7 Å². The summed E-state index contributed by atoms with van der Waals surface area (Å²) in [5.74, 6) is 0.637. The van der Waals surface area contributed by atoms with E-state index in [2.05, 4.69) is 13.8 Å². The highest BCUT2D eigenvalue weighted by Gasteiger charge is 2.71. The molecule has 0 saturated carbocycles. The summed E-state index contributed by atoms with van der Waals surface area (Å²) in [6.07, 6.45) is -0.128. The van der Waals surface area contributed by atoms with E-state index in [0.29, 0.717) is 11.5 Å². The number of hydrogen-bond donors (Lipinski definition) is 0. The van der Waals surface area contributed by atoms with Crippen LogP contribution in [0, 0.1) is 0 Å². The van der Waals surface area contributed by atoms with Gasteiger partial charge >= 0.3 is 0 Å². The van der Waals surface area contributed by atoms with Crippen LogP contribution in [0.2, 0.25) is 0 Å². The Morgan fingerprint density at radius 3 is 2.16 bits per heavy atom. The van der Waals surface area contributed by atoms with Crippen LogP contribution in [0.4, 0.5) is 5.69 Å². The first-order valence-electron chi connectivity index (χ1n) is 10.6. The minimum atomic E-state index is -1.07. The molecule has 6 nitrogen and oxygen atoms in total. The Hall–Kier alpha value is -0.520. The van der Waals surface area contributed by atoms with Crippen molar-refractivity contribution in [2.45, 2.75) is 67.8 Å². The Morgan fingerprint density at radius 2 is 1.50 bits per heavy atom. The fourth-order valence-corrected chi connectivity index (χ4v) is 11.6. The molecule has 5 aliphatic rings. The number of amides is 2. The molecular formula is C22H28N2O4S4. The number of ether oxygens (including phenoxy) is 2. The summed E-state index contributed by atoms with van der Waals surface area (Å²) in [5.41, 5.74) is 1.29. The lowest BCUT2D eigenvalue weighted by molar-refractivity contribution is -0.148. The standard InChI is InChI=1S/C22H28N2O4S4/c1-19(2)13-9-7-8-10-14(13)24-17(25)21(5)23(6)18(26)22(19,24)32-30-12-16-15(11-29-31-21)27-20(3,4)28-16/h7-10,15-16H,11-12H2,1-6H3/t15-,16-,21-,22+/m0/s1. The largest absolute Gasteiger partial charge is 0.344 e. The molecular weight excluding hydrogens is 485 g/mol. The molecule has 1 aromatic rings. The van der Waals surface area contributed by atoms with E-state index in [1.807, 2.05) is 45.0 Å². The second-order valence-electron chi connectivity index (χ2n) is 9.72. The van der Waals surface area contributed by atoms with Crippen LogP contribution in [0.25, 0.3) is 0 Å². The molecule has 0 unspecified atom stereocenters. The molecule has 174 valence electrons. The Labute approximate surface area is 205 Å². The van der Waals surface area contributed by atoms with Gasteiger partial charge in [-0.05, 0) is 32.4 Å². The monoisotopic (exact) mass is 512 g/mol. The highest BCUT2D eigenvalue weighted by Crippen LogP contribution is 2.64. The number of hydrogen-bond acceptors (Lipinski definition) is 8. The molecule has 0 N–H and O–H groups in total. The zero-order chi connectivity index (χ0) is 23.1. The second-order valence-corrected chi connectivity index (χ2v) is 15.0. The van der Waals surface area contributed by atoms with Crippen LogP contribution >= 0.6 is 43.2 Å². The molecule has 0 aromatic heterocycles. The zero-order valence-corrected chi connectivity index (χ0v) is 22.3. The van der Waals surface area contributed by atoms with E-state index in [9.17, 15) is 9.59 Å². The third-order valence-electron chi connectivity index (χ3n) is 6.97. The Morgan fingerprint density at radius 1 is 0.906 bits per heavy atom. The van der Waals surface area contributed by atoms with Crippen molar-refractivity contribution in [3.8, 4) is 0 Å². The Balaban J connectivity index is 1.64. The molecule has 5 aliphatic heterocycles. The van der Waals surface area contributed by atoms with Gasteiger partial charge in [0.25, 0.3) is 11.8 Å². The number of benzene rings is 1. The van der Waals surface area contributed by atoms with E-state index in [1.165, 1.54) is 21.6 Å². The number of carbonyl (C=O) groups is 2. The number of carbonyl (C=O) groups excluding carboxylic acids is 2. The molecule has 32 heavy (non-hydrogen) atoms. The van der Waals surface area contributed by atoms with Gasteiger partial charge in [-0.2, -0.15) is 0 Å². The number of fused-ring (bicyclic) bond motifs is 6. The van der Waals surface area contributed by atoms with E-state index in [0.717, 1.165) is 11.3 Å². The van der Waals surface area contributed by atoms with Gasteiger partial charge in [-0.25, -0.2) is 0 Å². The van der Waals surface area contributed by atoms with Crippen molar-refractivity contribution in [2.75, 3.05) is 23.5 Å². The predicted molar refractivity (Wildman–Crippen MR) is 135 cm³/mol. The minimum Gasteiger partial charge on any atom is -0.344 e. The molecule has 2 bridgehead atoms. The van der Waals surface area contributed by atoms with Crippen LogP contribution in [0.15, 0.2) is 24.3 Å². The fourth-order valence-electron chi connectivity index (χ4n) is 5.08. The summed E-state index contributed by atoms with van der Waals surface area (Å²) in [4.78, 5) is 29.8. The lowest BCUT2D eigenvalue weighted by Gasteiger charge is -2.55. The fraction of sp³-hybridized carbons (Fsp3) is 0.636. The lowest BCUT2D eigenvalue weighted by Crippen LogP contribution is -2.75. The smallest absolute Gasteiger partial charge is 0.265 e. The number of likely N-dealkylation sites (N-methyl/N-ethyl adjacent to an activating group) is 1. The van der Waals surface area contributed by atoms with Gasteiger partial charge < -0.3 is 14.4 Å². The molecule has 1 spiro atoms. The summed E-state index contributed by atoms with van der Waals surface area (Å²) in [6, 6.07) is 7.94. The van der Waals surface area contributed by atoms with E-state index < -0.39 is 20.9 Å². The molecule has 1 aromatic carbocycles. The van der Waals surface area contributed by atoms with Crippen molar-refractivity contribution in [3.05, 3.63) is 29.8 Å². The van der Waals surface area contributed by atoms with Crippen molar-refractivity contribution in [2.24, 2.45) is 0 Å². The van der Waals surface area contributed by atoms with Gasteiger partial charge in [0.15, 0.2) is 15.5 Å². The maximum atomic E-state index is 14.2. The zero-order valence-electron chi connectivity index (χ0n) is 19.0. The van der Waals surface area contributed by atoms with E-state index >= 15 is 0 Å². The molecule has 4 atom stereocenters. The van der Waals surface area contributed by atoms with Gasteiger partial charge in [-0.1, -0.05) is 75.2 Å². The predicted octanol–water partition coefficient (Wildman–Crippen LogP) is 4.49. The van der Waals surface area contributed by atoms with Gasteiger partial charge in [0.1, 0.15) is 0 Å². The third-order valence-corrected chi connectivity index (χ3v) is 13.2. The topological polar surface area (TPSA) is 59.1 Å².